The van der Waals surface area contributed by atoms with Gasteiger partial charge in [0.1, 0.15) is 12.5 Å². The van der Waals surface area contributed by atoms with Crippen molar-refractivity contribution in [2.24, 2.45) is 0 Å². The predicted octanol–water partition coefficient (Wildman–Crippen LogP) is 3.52. The number of phenols is 4. The molecule has 2 aromatic rings. The molecule has 0 saturated carbocycles. The minimum Gasteiger partial charge on any atom is -0.504 e. The third kappa shape index (κ3) is 6.68. The minimum atomic E-state index is -0.144. The molecule has 2 aliphatic heterocycles. The van der Waals surface area contributed by atoms with Crippen LogP contribution in [0.2, 0.25) is 0 Å². The van der Waals surface area contributed by atoms with Crippen LogP contribution in [0.15, 0.2) is 24.3 Å². The average molecular weight is 548 g/mol. The standard InChI is InChI=1S/C26H36N2O5.2ClH.H2O/c1-3-19-17(7-9-21(29)25(19)31)15-23(27-11-5-12-27)33-24(28-13-6-14-28)16-18-8-10-22(30)26(32)20(18)4-2;;;/h7-10,23-24,29-32H,3-6,11-16H2,1-2H3;2*1H;1H2. The lowest BCUT2D eigenvalue weighted by atomic mass is 9.97. The minimum absolute atomic E-state index is 0. The van der Waals surface area contributed by atoms with Crippen LogP contribution in [0.25, 0.3) is 0 Å². The fourth-order valence-electron chi connectivity index (χ4n) is 4.84. The molecule has 204 valence electrons. The molecule has 2 fully saturated rings. The van der Waals surface area contributed by atoms with E-state index in [-0.39, 0.29) is 65.7 Å². The predicted molar refractivity (Wildman–Crippen MR) is 145 cm³/mol. The van der Waals surface area contributed by atoms with Gasteiger partial charge in [-0.1, -0.05) is 26.0 Å². The first-order chi connectivity index (χ1) is 15.9. The molecular formula is C26H40Cl2N2O6. The average Bonchev–Trinajstić information content (AvgIpc) is 2.71. The maximum atomic E-state index is 10.4. The number of likely N-dealkylation sites (tertiary alicyclic amines) is 2. The summed E-state index contributed by atoms with van der Waals surface area (Å²) >= 11 is 0. The van der Waals surface area contributed by atoms with E-state index in [2.05, 4.69) is 9.80 Å². The molecule has 2 heterocycles. The first kappa shape index (κ1) is 32.1. The molecule has 4 rings (SSSR count). The number of halogens is 2. The van der Waals surface area contributed by atoms with Gasteiger partial charge in [-0.3, -0.25) is 9.80 Å². The van der Waals surface area contributed by atoms with Gasteiger partial charge in [0, 0.05) is 50.1 Å². The summed E-state index contributed by atoms with van der Waals surface area (Å²) in [6.07, 6.45) is 4.51. The van der Waals surface area contributed by atoms with Gasteiger partial charge < -0.3 is 30.6 Å². The molecule has 2 aromatic carbocycles. The Morgan fingerprint density at radius 2 is 1.06 bits per heavy atom. The Morgan fingerprint density at radius 3 is 1.33 bits per heavy atom. The van der Waals surface area contributed by atoms with Gasteiger partial charge in [0.25, 0.3) is 0 Å². The summed E-state index contributed by atoms with van der Waals surface area (Å²) < 4.78 is 6.77. The molecule has 8 nitrogen and oxygen atoms in total. The molecule has 0 radical (unpaired) electrons. The van der Waals surface area contributed by atoms with E-state index in [0.717, 1.165) is 61.3 Å². The van der Waals surface area contributed by atoms with Crippen LogP contribution in [-0.2, 0) is 30.4 Å². The summed E-state index contributed by atoms with van der Waals surface area (Å²) in [6, 6.07) is 6.87. The van der Waals surface area contributed by atoms with E-state index >= 15 is 0 Å². The van der Waals surface area contributed by atoms with Gasteiger partial charge in [0.15, 0.2) is 23.0 Å². The zero-order valence-corrected chi connectivity index (χ0v) is 22.6. The third-order valence-electron chi connectivity index (χ3n) is 7.12. The van der Waals surface area contributed by atoms with Gasteiger partial charge >= 0.3 is 0 Å². The van der Waals surface area contributed by atoms with Gasteiger partial charge in [-0.25, -0.2) is 0 Å². The summed E-state index contributed by atoms with van der Waals surface area (Å²) in [7, 11) is 0. The van der Waals surface area contributed by atoms with E-state index in [0.29, 0.717) is 25.7 Å². The van der Waals surface area contributed by atoms with Crippen LogP contribution in [0.3, 0.4) is 0 Å². The highest BCUT2D eigenvalue weighted by atomic mass is 35.5. The molecule has 0 bridgehead atoms. The number of rotatable bonds is 10. The summed E-state index contributed by atoms with van der Waals surface area (Å²) in [5, 5.41) is 40.6. The second kappa shape index (κ2) is 14.1. The van der Waals surface area contributed by atoms with Crippen LogP contribution in [0, 0.1) is 0 Å². The molecular weight excluding hydrogens is 507 g/mol. The highest BCUT2D eigenvalue weighted by Crippen LogP contribution is 2.35. The van der Waals surface area contributed by atoms with E-state index in [9.17, 15) is 20.4 Å². The van der Waals surface area contributed by atoms with E-state index in [1.165, 1.54) is 0 Å². The molecule has 0 spiro atoms. The van der Waals surface area contributed by atoms with Gasteiger partial charge in [-0.15, -0.1) is 24.8 Å². The Bertz CT molecular complexity index is 908. The maximum Gasteiger partial charge on any atom is 0.160 e. The lowest BCUT2D eigenvalue weighted by Gasteiger charge is -2.44. The van der Waals surface area contributed by atoms with E-state index in [4.69, 9.17) is 4.74 Å². The number of hydrogen-bond acceptors (Lipinski definition) is 7. The van der Waals surface area contributed by atoms with E-state index in [1.807, 2.05) is 26.0 Å². The van der Waals surface area contributed by atoms with Gasteiger partial charge in [-0.2, -0.15) is 0 Å². The lowest BCUT2D eigenvalue weighted by molar-refractivity contribution is -0.178. The number of aromatic hydroxyl groups is 4. The summed E-state index contributed by atoms with van der Waals surface area (Å²) in [5.41, 5.74) is 3.51. The molecule has 6 N–H and O–H groups in total. The van der Waals surface area contributed by atoms with Crippen LogP contribution in [0.1, 0.15) is 48.9 Å². The number of nitrogens with zero attached hydrogens (tertiary/aromatic N) is 2. The summed E-state index contributed by atoms with van der Waals surface area (Å²) in [4.78, 5) is 4.65. The zero-order valence-electron chi connectivity index (χ0n) is 20.9. The van der Waals surface area contributed by atoms with E-state index < -0.39 is 0 Å². The largest absolute Gasteiger partial charge is 0.504 e. The van der Waals surface area contributed by atoms with Crippen molar-refractivity contribution in [3.8, 4) is 23.0 Å². The summed E-state index contributed by atoms with van der Waals surface area (Å²) in [5.74, 6) is -0.253. The van der Waals surface area contributed by atoms with Gasteiger partial charge in [-0.05, 0) is 48.9 Å². The van der Waals surface area contributed by atoms with E-state index in [1.54, 1.807) is 12.1 Å². The highest BCUT2D eigenvalue weighted by Gasteiger charge is 2.33. The second-order valence-electron chi connectivity index (χ2n) is 9.08. The van der Waals surface area contributed by atoms with Crippen LogP contribution in [0.5, 0.6) is 23.0 Å². The monoisotopic (exact) mass is 546 g/mol. The number of phenolic OH excluding ortho intramolecular Hbond substituents is 4. The fourth-order valence-corrected chi connectivity index (χ4v) is 4.84. The topological polar surface area (TPSA) is 128 Å². The van der Waals surface area contributed by atoms with Crippen molar-refractivity contribution in [2.75, 3.05) is 26.2 Å². The molecule has 2 saturated heterocycles. The first-order valence-electron chi connectivity index (χ1n) is 12.1. The van der Waals surface area contributed by atoms with Gasteiger partial charge in [0.2, 0.25) is 0 Å². The number of hydrogen-bond donors (Lipinski definition) is 4. The second-order valence-corrected chi connectivity index (χ2v) is 9.08. The Balaban J connectivity index is 0.00000216. The summed E-state index contributed by atoms with van der Waals surface area (Å²) in [6.45, 7) is 7.85. The number of benzene rings is 2. The molecule has 2 aliphatic rings. The molecule has 36 heavy (non-hydrogen) atoms. The van der Waals surface area contributed by atoms with Crippen LogP contribution in [-0.4, -0.2) is 74.3 Å². The van der Waals surface area contributed by atoms with Crippen molar-refractivity contribution in [2.45, 2.75) is 64.8 Å². The lowest BCUT2D eigenvalue weighted by Crippen LogP contribution is -2.54. The molecule has 10 heteroatoms. The SMILES string of the molecule is CCc1c(CC(OC(Cc2ccc(O)c(O)c2CC)N2CCC2)N2CCC2)ccc(O)c1O.Cl.Cl.O. The van der Waals surface area contributed by atoms with Crippen LogP contribution < -0.4 is 0 Å². The van der Waals surface area contributed by atoms with Gasteiger partial charge in [0.05, 0.1) is 0 Å². The quantitative estimate of drug-likeness (QED) is 0.335. The normalized spacial score (nSPS) is 16.9. The Hall–Kier alpha value is -1.94. The van der Waals surface area contributed by atoms with Crippen molar-refractivity contribution in [1.82, 2.24) is 9.80 Å². The fraction of sp³-hybridized carbons (Fsp3) is 0.538. The van der Waals surface area contributed by atoms with Crippen molar-refractivity contribution < 1.29 is 30.6 Å². The smallest absolute Gasteiger partial charge is 0.160 e. The maximum absolute atomic E-state index is 10.4. The number of ether oxygens (including phenoxy) is 1. The molecule has 0 amide bonds. The van der Waals surface area contributed by atoms with Crippen LogP contribution >= 0.6 is 24.8 Å². The Kier molecular flexibility index (Phi) is 12.6. The Morgan fingerprint density at radius 1 is 0.694 bits per heavy atom. The van der Waals surface area contributed by atoms with Crippen molar-refractivity contribution in [1.29, 1.82) is 0 Å². The third-order valence-corrected chi connectivity index (χ3v) is 7.12. The van der Waals surface area contributed by atoms with Crippen molar-refractivity contribution in [3.63, 3.8) is 0 Å². The van der Waals surface area contributed by atoms with Crippen LogP contribution in [0.4, 0.5) is 0 Å². The first-order valence-corrected chi connectivity index (χ1v) is 12.1. The zero-order chi connectivity index (χ0) is 23.5. The Labute approximate surface area is 225 Å². The molecule has 2 atom stereocenters. The van der Waals surface area contributed by atoms with Crippen molar-refractivity contribution >= 4 is 24.8 Å². The highest BCUT2D eigenvalue weighted by molar-refractivity contribution is 5.85. The molecule has 2 unspecified atom stereocenters. The molecule has 0 aliphatic carbocycles. The molecule has 0 aromatic heterocycles. The van der Waals surface area contributed by atoms with Crippen molar-refractivity contribution in [3.05, 3.63) is 46.5 Å².